The van der Waals surface area contributed by atoms with Gasteiger partial charge in [0.2, 0.25) is 0 Å². The van der Waals surface area contributed by atoms with Crippen molar-refractivity contribution in [1.82, 2.24) is 10.6 Å². The minimum atomic E-state index is 0.587. The molecule has 3 nitrogen and oxygen atoms in total. The van der Waals surface area contributed by atoms with Gasteiger partial charge in [-0.1, -0.05) is 20.8 Å². The first kappa shape index (κ1) is 13.9. The van der Waals surface area contributed by atoms with Gasteiger partial charge in [-0.3, -0.25) is 0 Å². The summed E-state index contributed by atoms with van der Waals surface area (Å²) in [6.07, 6.45) is 1.19. The van der Waals surface area contributed by atoms with Crippen LogP contribution >= 0.6 is 0 Å². The molecular formula is C11H26N2O. The van der Waals surface area contributed by atoms with Gasteiger partial charge in [-0.05, 0) is 18.9 Å². The van der Waals surface area contributed by atoms with E-state index in [2.05, 4.69) is 31.4 Å². The highest BCUT2D eigenvalue weighted by atomic mass is 16.5. The van der Waals surface area contributed by atoms with Gasteiger partial charge in [-0.15, -0.1) is 0 Å². The van der Waals surface area contributed by atoms with Gasteiger partial charge in [0.1, 0.15) is 0 Å². The first-order chi connectivity index (χ1) is 6.66. The van der Waals surface area contributed by atoms with Crippen molar-refractivity contribution in [2.45, 2.75) is 33.2 Å². The fourth-order valence-corrected chi connectivity index (χ4v) is 1.29. The molecule has 0 aliphatic rings. The molecule has 0 spiro atoms. The highest BCUT2D eigenvalue weighted by Gasteiger charge is 1.99. The molecule has 0 heterocycles. The standard InChI is InChI=1S/C11H26N2O/c1-10(2)13-8-7-12-6-5-11(3)9-14-4/h10-13H,5-9H2,1-4H3. The first-order valence-electron chi connectivity index (χ1n) is 5.59. The van der Waals surface area contributed by atoms with Crippen LogP contribution in [-0.4, -0.2) is 39.4 Å². The van der Waals surface area contributed by atoms with Gasteiger partial charge in [0.15, 0.2) is 0 Å². The molecule has 0 aromatic carbocycles. The molecule has 0 saturated heterocycles. The Morgan fingerprint density at radius 1 is 1.07 bits per heavy atom. The summed E-state index contributed by atoms with van der Waals surface area (Å²) in [6.45, 7) is 10.6. The molecule has 0 radical (unpaired) electrons. The summed E-state index contributed by atoms with van der Waals surface area (Å²) < 4.78 is 5.07. The zero-order chi connectivity index (χ0) is 10.8. The molecule has 1 atom stereocenters. The van der Waals surface area contributed by atoms with E-state index in [1.807, 2.05) is 0 Å². The highest BCUT2D eigenvalue weighted by molar-refractivity contribution is 4.58. The number of methoxy groups -OCH3 is 1. The van der Waals surface area contributed by atoms with Gasteiger partial charge in [0.25, 0.3) is 0 Å². The average molecular weight is 202 g/mol. The van der Waals surface area contributed by atoms with E-state index < -0.39 is 0 Å². The van der Waals surface area contributed by atoms with E-state index in [9.17, 15) is 0 Å². The molecule has 0 bridgehead atoms. The van der Waals surface area contributed by atoms with Crippen molar-refractivity contribution >= 4 is 0 Å². The number of hydrogen-bond acceptors (Lipinski definition) is 3. The van der Waals surface area contributed by atoms with Gasteiger partial charge in [0.05, 0.1) is 0 Å². The summed E-state index contributed by atoms with van der Waals surface area (Å²) in [6, 6.07) is 0.587. The third-order valence-electron chi connectivity index (χ3n) is 2.12. The SMILES string of the molecule is COCC(C)CCNCCNC(C)C. The van der Waals surface area contributed by atoms with Crippen LogP contribution in [0.4, 0.5) is 0 Å². The summed E-state index contributed by atoms with van der Waals surface area (Å²) in [5.74, 6) is 0.658. The predicted molar refractivity (Wildman–Crippen MR) is 61.7 cm³/mol. The molecular weight excluding hydrogens is 176 g/mol. The number of nitrogens with one attached hydrogen (secondary N) is 2. The maximum Gasteiger partial charge on any atom is 0.0488 e. The molecule has 0 fully saturated rings. The van der Waals surface area contributed by atoms with Gasteiger partial charge in [-0.25, -0.2) is 0 Å². The lowest BCUT2D eigenvalue weighted by Crippen LogP contribution is -2.32. The summed E-state index contributed by atoms with van der Waals surface area (Å²) in [4.78, 5) is 0. The van der Waals surface area contributed by atoms with Crippen molar-refractivity contribution in [1.29, 1.82) is 0 Å². The number of hydrogen-bond donors (Lipinski definition) is 2. The van der Waals surface area contributed by atoms with Crippen LogP contribution in [0.3, 0.4) is 0 Å². The van der Waals surface area contributed by atoms with Crippen LogP contribution in [0.15, 0.2) is 0 Å². The average Bonchev–Trinajstić information content (AvgIpc) is 2.11. The van der Waals surface area contributed by atoms with Crippen molar-refractivity contribution in [3.05, 3.63) is 0 Å². The zero-order valence-corrected chi connectivity index (χ0v) is 10.1. The van der Waals surface area contributed by atoms with E-state index in [1.54, 1.807) is 7.11 Å². The van der Waals surface area contributed by atoms with Gasteiger partial charge in [-0.2, -0.15) is 0 Å². The molecule has 3 heteroatoms. The second-order valence-corrected chi connectivity index (χ2v) is 4.21. The maximum atomic E-state index is 5.07. The lowest BCUT2D eigenvalue weighted by atomic mass is 10.1. The molecule has 0 aromatic rings. The molecule has 0 amide bonds. The lowest BCUT2D eigenvalue weighted by molar-refractivity contribution is 0.155. The highest BCUT2D eigenvalue weighted by Crippen LogP contribution is 1.99. The third-order valence-corrected chi connectivity index (χ3v) is 2.12. The Kier molecular flexibility index (Phi) is 9.35. The topological polar surface area (TPSA) is 33.3 Å². The lowest BCUT2D eigenvalue weighted by Gasteiger charge is -2.11. The van der Waals surface area contributed by atoms with Gasteiger partial charge >= 0.3 is 0 Å². The molecule has 0 saturated carbocycles. The molecule has 1 unspecified atom stereocenters. The fraction of sp³-hybridized carbons (Fsp3) is 1.00. The Balaban J connectivity index is 3.05. The summed E-state index contributed by atoms with van der Waals surface area (Å²) in [5.41, 5.74) is 0. The Morgan fingerprint density at radius 3 is 2.36 bits per heavy atom. The second-order valence-electron chi connectivity index (χ2n) is 4.21. The monoisotopic (exact) mass is 202 g/mol. The van der Waals surface area contributed by atoms with E-state index >= 15 is 0 Å². The fourth-order valence-electron chi connectivity index (χ4n) is 1.29. The van der Waals surface area contributed by atoms with Crippen LogP contribution in [0, 0.1) is 5.92 Å². The van der Waals surface area contributed by atoms with Gasteiger partial charge < -0.3 is 15.4 Å². The molecule has 86 valence electrons. The van der Waals surface area contributed by atoms with Crippen LogP contribution in [0.25, 0.3) is 0 Å². The van der Waals surface area contributed by atoms with Crippen molar-refractivity contribution in [2.75, 3.05) is 33.4 Å². The van der Waals surface area contributed by atoms with Gasteiger partial charge in [0, 0.05) is 32.8 Å². The molecule has 14 heavy (non-hydrogen) atoms. The molecule has 0 aromatic heterocycles. The maximum absolute atomic E-state index is 5.07. The normalized spacial score (nSPS) is 13.5. The van der Waals surface area contributed by atoms with Crippen molar-refractivity contribution in [2.24, 2.45) is 5.92 Å². The molecule has 2 N–H and O–H groups in total. The van der Waals surface area contributed by atoms with Crippen LogP contribution < -0.4 is 10.6 Å². The van der Waals surface area contributed by atoms with Crippen molar-refractivity contribution in [3.63, 3.8) is 0 Å². The second kappa shape index (κ2) is 9.44. The smallest absolute Gasteiger partial charge is 0.0488 e. The van der Waals surface area contributed by atoms with Crippen LogP contribution in [0.2, 0.25) is 0 Å². The first-order valence-corrected chi connectivity index (χ1v) is 5.59. The minimum Gasteiger partial charge on any atom is -0.384 e. The summed E-state index contributed by atoms with van der Waals surface area (Å²) >= 11 is 0. The molecule has 0 rings (SSSR count). The van der Waals surface area contributed by atoms with Crippen LogP contribution in [0.5, 0.6) is 0 Å². The molecule has 0 aliphatic carbocycles. The van der Waals surface area contributed by atoms with Crippen LogP contribution in [-0.2, 0) is 4.74 Å². The Hall–Kier alpha value is -0.120. The quantitative estimate of drug-likeness (QED) is 0.552. The van der Waals surface area contributed by atoms with E-state index in [-0.39, 0.29) is 0 Å². The summed E-state index contributed by atoms with van der Waals surface area (Å²) in [5, 5.41) is 6.78. The van der Waals surface area contributed by atoms with E-state index in [0.717, 1.165) is 26.2 Å². The van der Waals surface area contributed by atoms with E-state index in [1.165, 1.54) is 6.42 Å². The number of ether oxygens (including phenoxy) is 1. The largest absolute Gasteiger partial charge is 0.384 e. The van der Waals surface area contributed by atoms with E-state index in [0.29, 0.717) is 12.0 Å². The predicted octanol–water partition coefficient (Wildman–Crippen LogP) is 1.25. The van der Waals surface area contributed by atoms with Crippen molar-refractivity contribution in [3.8, 4) is 0 Å². The van der Waals surface area contributed by atoms with E-state index in [4.69, 9.17) is 4.74 Å². The Labute approximate surface area is 88.6 Å². The minimum absolute atomic E-state index is 0.587. The van der Waals surface area contributed by atoms with Crippen LogP contribution in [0.1, 0.15) is 27.2 Å². The molecule has 0 aliphatic heterocycles. The number of rotatable bonds is 9. The zero-order valence-electron chi connectivity index (χ0n) is 10.1. The third kappa shape index (κ3) is 9.96. The Morgan fingerprint density at radius 2 is 1.79 bits per heavy atom. The summed E-state index contributed by atoms with van der Waals surface area (Å²) in [7, 11) is 1.76. The van der Waals surface area contributed by atoms with Crippen molar-refractivity contribution < 1.29 is 4.74 Å². The Bertz CT molecular complexity index is 118.